The van der Waals surface area contributed by atoms with Crippen LogP contribution in [0.2, 0.25) is 0 Å². The molecule has 0 aromatic heterocycles. The molecule has 0 aliphatic carbocycles. The number of rotatable bonds is 5. The molecule has 0 saturated carbocycles. The Morgan fingerprint density at radius 1 is 1.33 bits per heavy atom. The van der Waals surface area contributed by atoms with Gasteiger partial charge in [-0.15, -0.1) is 0 Å². The third-order valence-corrected chi connectivity index (χ3v) is 3.12. The second-order valence-electron chi connectivity index (χ2n) is 6.87. The monoisotopic (exact) mass is 302 g/mol. The fraction of sp³-hybridized carbons (Fsp3) is 0.933. The summed E-state index contributed by atoms with van der Waals surface area (Å²) in [5.41, 5.74) is -0.476. The normalized spacial score (nSPS) is 20.9. The van der Waals surface area contributed by atoms with Gasteiger partial charge in [-0.1, -0.05) is 6.92 Å². The minimum absolute atomic E-state index is 0.142. The van der Waals surface area contributed by atoms with Gasteiger partial charge in [0.25, 0.3) is 0 Å². The van der Waals surface area contributed by atoms with Gasteiger partial charge >= 0.3 is 6.09 Å². The van der Waals surface area contributed by atoms with E-state index in [9.17, 15) is 4.79 Å². The predicted octanol–water partition coefficient (Wildman–Crippen LogP) is 2.03. The van der Waals surface area contributed by atoms with Gasteiger partial charge in [-0.3, -0.25) is 0 Å². The quantitative estimate of drug-likeness (QED) is 0.813. The Balaban J connectivity index is 2.31. The van der Waals surface area contributed by atoms with Crippen molar-refractivity contribution in [2.45, 2.75) is 71.4 Å². The zero-order valence-corrected chi connectivity index (χ0v) is 14.1. The number of carbonyl (C=O) groups excluding carboxylic acids is 1. The Hall–Kier alpha value is -0.850. The first-order valence-corrected chi connectivity index (χ1v) is 7.62. The van der Waals surface area contributed by atoms with E-state index in [4.69, 9.17) is 14.2 Å². The average molecular weight is 302 g/mol. The van der Waals surface area contributed by atoms with Crippen LogP contribution in [0.4, 0.5) is 4.79 Å². The van der Waals surface area contributed by atoms with Crippen molar-refractivity contribution in [3.05, 3.63) is 0 Å². The highest BCUT2D eigenvalue weighted by atomic mass is 16.7. The average Bonchev–Trinajstić information content (AvgIpc) is 2.34. The van der Waals surface area contributed by atoms with Crippen molar-refractivity contribution in [3.63, 3.8) is 0 Å². The standard InChI is InChI=1S/C15H30N2O4/c1-7-11(8-16-13(18)21-14(2,3)4)17-12-9-19-15(5,6)20-10-12/h11-12,17H,7-10H2,1-6H3,(H,16,18). The summed E-state index contributed by atoms with van der Waals surface area (Å²) in [6, 6.07) is 0.305. The summed E-state index contributed by atoms with van der Waals surface area (Å²) in [5, 5.41) is 6.23. The Morgan fingerprint density at radius 2 is 1.90 bits per heavy atom. The van der Waals surface area contributed by atoms with Gasteiger partial charge in [-0.25, -0.2) is 4.79 Å². The lowest BCUT2D eigenvalue weighted by Gasteiger charge is -2.36. The molecule has 2 N–H and O–H groups in total. The largest absolute Gasteiger partial charge is 0.444 e. The van der Waals surface area contributed by atoms with Gasteiger partial charge in [-0.05, 0) is 41.0 Å². The van der Waals surface area contributed by atoms with Gasteiger partial charge in [0.15, 0.2) is 5.79 Å². The lowest BCUT2D eigenvalue weighted by molar-refractivity contribution is -0.253. The van der Waals surface area contributed by atoms with Gasteiger partial charge in [-0.2, -0.15) is 0 Å². The van der Waals surface area contributed by atoms with Crippen LogP contribution < -0.4 is 10.6 Å². The number of hydrogen-bond donors (Lipinski definition) is 2. The molecule has 0 aromatic rings. The minimum atomic E-state index is -0.505. The number of amides is 1. The fourth-order valence-corrected chi connectivity index (χ4v) is 1.96. The molecule has 1 aliphatic heterocycles. The third kappa shape index (κ3) is 7.64. The smallest absolute Gasteiger partial charge is 0.407 e. The highest BCUT2D eigenvalue weighted by Crippen LogP contribution is 2.17. The second-order valence-corrected chi connectivity index (χ2v) is 6.87. The number of alkyl carbamates (subject to hydrolysis) is 1. The van der Waals surface area contributed by atoms with E-state index in [0.29, 0.717) is 19.8 Å². The van der Waals surface area contributed by atoms with Crippen molar-refractivity contribution in [2.24, 2.45) is 0 Å². The molecule has 6 nitrogen and oxygen atoms in total. The van der Waals surface area contributed by atoms with Crippen LogP contribution in [0, 0.1) is 0 Å². The predicted molar refractivity (Wildman–Crippen MR) is 81.2 cm³/mol. The maximum atomic E-state index is 11.6. The van der Waals surface area contributed by atoms with Crippen LogP contribution in [0.3, 0.4) is 0 Å². The third-order valence-electron chi connectivity index (χ3n) is 3.12. The molecule has 124 valence electrons. The number of hydrogen-bond acceptors (Lipinski definition) is 5. The molecular formula is C15H30N2O4. The molecule has 1 unspecified atom stereocenters. The Bertz CT molecular complexity index is 329. The van der Waals surface area contributed by atoms with Crippen molar-refractivity contribution in [1.82, 2.24) is 10.6 Å². The summed E-state index contributed by atoms with van der Waals surface area (Å²) in [5.74, 6) is -0.505. The van der Waals surface area contributed by atoms with Crippen molar-refractivity contribution >= 4 is 6.09 Å². The molecule has 21 heavy (non-hydrogen) atoms. The maximum absolute atomic E-state index is 11.6. The van der Waals surface area contributed by atoms with Crippen molar-refractivity contribution in [1.29, 1.82) is 0 Å². The van der Waals surface area contributed by atoms with E-state index in [-0.39, 0.29) is 18.2 Å². The molecule has 1 atom stereocenters. The molecule has 6 heteroatoms. The van der Waals surface area contributed by atoms with Gasteiger partial charge in [0, 0.05) is 12.6 Å². The van der Waals surface area contributed by atoms with E-state index in [1.165, 1.54) is 0 Å². The van der Waals surface area contributed by atoms with Crippen molar-refractivity contribution < 1.29 is 19.0 Å². The van der Waals surface area contributed by atoms with Gasteiger partial charge in [0.05, 0.1) is 19.3 Å². The summed E-state index contributed by atoms with van der Waals surface area (Å²) in [7, 11) is 0. The Labute approximate surface area is 127 Å². The minimum Gasteiger partial charge on any atom is -0.444 e. The maximum Gasteiger partial charge on any atom is 0.407 e. The molecule has 1 amide bonds. The van der Waals surface area contributed by atoms with E-state index in [0.717, 1.165) is 6.42 Å². The number of nitrogens with one attached hydrogen (secondary N) is 2. The lowest BCUT2D eigenvalue weighted by atomic mass is 10.1. The molecule has 0 radical (unpaired) electrons. The van der Waals surface area contributed by atoms with Gasteiger partial charge in [0.1, 0.15) is 5.60 Å². The van der Waals surface area contributed by atoms with E-state index in [1.54, 1.807) is 0 Å². The SMILES string of the molecule is CCC(CNC(=O)OC(C)(C)C)NC1COC(C)(C)OC1. The van der Waals surface area contributed by atoms with E-state index < -0.39 is 11.4 Å². The van der Waals surface area contributed by atoms with Gasteiger partial charge in [0.2, 0.25) is 0 Å². The highest BCUT2D eigenvalue weighted by Gasteiger charge is 2.29. The van der Waals surface area contributed by atoms with Crippen LogP contribution in [0.15, 0.2) is 0 Å². The van der Waals surface area contributed by atoms with Gasteiger partial charge < -0.3 is 24.8 Å². The Morgan fingerprint density at radius 3 is 2.38 bits per heavy atom. The molecule has 0 spiro atoms. The molecule has 0 bridgehead atoms. The zero-order valence-electron chi connectivity index (χ0n) is 14.1. The summed E-state index contributed by atoms with van der Waals surface area (Å²) >= 11 is 0. The number of ether oxygens (including phenoxy) is 3. The first kappa shape index (κ1) is 18.2. The summed E-state index contributed by atoms with van der Waals surface area (Å²) < 4.78 is 16.5. The van der Waals surface area contributed by atoms with E-state index in [2.05, 4.69) is 17.6 Å². The first-order chi connectivity index (χ1) is 9.61. The highest BCUT2D eigenvalue weighted by molar-refractivity contribution is 5.67. The summed E-state index contributed by atoms with van der Waals surface area (Å²) in [6.07, 6.45) is 0.510. The zero-order chi connectivity index (χ0) is 16.1. The van der Waals surface area contributed by atoms with Crippen molar-refractivity contribution in [2.75, 3.05) is 19.8 Å². The van der Waals surface area contributed by atoms with Crippen molar-refractivity contribution in [3.8, 4) is 0 Å². The molecule has 0 aromatic carbocycles. The fourth-order valence-electron chi connectivity index (χ4n) is 1.96. The first-order valence-electron chi connectivity index (χ1n) is 7.62. The van der Waals surface area contributed by atoms with E-state index >= 15 is 0 Å². The summed E-state index contributed by atoms with van der Waals surface area (Å²) in [6.45, 7) is 13.2. The molecular weight excluding hydrogens is 272 g/mol. The lowest BCUT2D eigenvalue weighted by Crippen LogP contribution is -2.53. The molecule has 1 aliphatic rings. The van der Waals surface area contributed by atoms with Crippen LogP contribution >= 0.6 is 0 Å². The van der Waals surface area contributed by atoms with Crippen LogP contribution in [0.5, 0.6) is 0 Å². The molecule has 1 saturated heterocycles. The summed E-state index contributed by atoms with van der Waals surface area (Å²) in [4.78, 5) is 11.6. The van der Waals surface area contributed by atoms with E-state index in [1.807, 2.05) is 34.6 Å². The second kappa shape index (κ2) is 7.42. The van der Waals surface area contributed by atoms with Crippen LogP contribution in [0.1, 0.15) is 48.0 Å². The van der Waals surface area contributed by atoms with Crippen LogP contribution in [-0.2, 0) is 14.2 Å². The topological polar surface area (TPSA) is 68.8 Å². The number of carbonyl (C=O) groups is 1. The van der Waals surface area contributed by atoms with Crippen LogP contribution in [0.25, 0.3) is 0 Å². The Kier molecular flexibility index (Phi) is 6.43. The molecule has 1 fully saturated rings. The molecule has 1 rings (SSSR count). The van der Waals surface area contributed by atoms with Crippen LogP contribution in [-0.4, -0.2) is 49.3 Å². The molecule has 1 heterocycles.